The molecular formula is C16H27NO2. The molecule has 3 nitrogen and oxygen atoms in total. The Bertz CT molecular complexity index is 379. The molecule has 108 valence electrons. The van der Waals surface area contributed by atoms with E-state index in [1.165, 1.54) is 19.3 Å². The molecule has 2 N–H and O–H groups in total. The minimum atomic E-state index is 0.0254. The lowest BCUT2D eigenvalue weighted by atomic mass is 9.87. The molecule has 0 amide bonds. The first-order valence-electron chi connectivity index (χ1n) is 7.15. The number of methoxy groups -OCH3 is 2. The fraction of sp³-hybridized carbons (Fsp3) is 0.625. The SMILES string of the molecule is CCCCC(CC)C(N)c1ccc(OC)cc1OC. The van der Waals surface area contributed by atoms with Gasteiger partial charge in [0.15, 0.2) is 0 Å². The van der Waals surface area contributed by atoms with E-state index in [2.05, 4.69) is 13.8 Å². The van der Waals surface area contributed by atoms with Gasteiger partial charge in [0, 0.05) is 17.7 Å². The van der Waals surface area contributed by atoms with Crippen LogP contribution < -0.4 is 15.2 Å². The molecule has 0 aliphatic carbocycles. The normalized spacial score (nSPS) is 13.9. The Kier molecular flexibility index (Phi) is 6.71. The van der Waals surface area contributed by atoms with Crippen molar-refractivity contribution in [3.8, 4) is 11.5 Å². The zero-order valence-electron chi connectivity index (χ0n) is 12.6. The molecule has 1 rings (SSSR count). The quantitative estimate of drug-likeness (QED) is 0.774. The number of rotatable bonds is 8. The van der Waals surface area contributed by atoms with Crippen molar-refractivity contribution >= 4 is 0 Å². The van der Waals surface area contributed by atoms with Crippen LogP contribution in [0, 0.1) is 5.92 Å². The minimum absolute atomic E-state index is 0.0254. The molecule has 1 aromatic rings. The summed E-state index contributed by atoms with van der Waals surface area (Å²) in [4.78, 5) is 0. The average Bonchev–Trinajstić information content (AvgIpc) is 2.46. The lowest BCUT2D eigenvalue weighted by molar-refractivity contribution is 0.353. The van der Waals surface area contributed by atoms with E-state index in [4.69, 9.17) is 15.2 Å². The van der Waals surface area contributed by atoms with Gasteiger partial charge in [0.2, 0.25) is 0 Å². The van der Waals surface area contributed by atoms with E-state index in [1.807, 2.05) is 18.2 Å². The second-order valence-corrected chi connectivity index (χ2v) is 4.94. The highest BCUT2D eigenvalue weighted by molar-refractivity contribution is 5.42. The van der Waals surface area contributed by atoms with Crippen molar-refractivity contribution < 1.29 is 9.47 Å². The van der Waals surface area contributed by atoms with Gasteiger partial charge in [-0.05, 0) is 18.4 Å². The van der Waals surface area contributed by atoms with Crippen LogP contribution in [0.5, 0.6) is 11.5 Å². The van der Waals surface area contributed by atoms with Crippen molar-refractivity contribution in [2.75, 3.05) is 14.2 Å². The summed E-state index contributed by atoms with van der Waals surface area (Å²) in [6.45, 7) is 4.42. The Labute approximate surface area is 117 Å². The molecule has 19 heavy (non-hydrogen) atoms. The third kappa shape index (κ3) is 4.13. The molecule has 0 saturated heterocycles. The predicted molar refractivity (Wildman–Crippen MR) is 79.8 cm³/mol. The highest BCUT2D eigenvalue weighted by Crippen LogP contribution is 2.34. The lowest BCUT2D eigenvalue weighted by Crippen LogP contribution is -2.21. The Hall–Kier alpha value is -1.22. The van der Waals surface area contributed by atoms with Gasteiger partial charge in [-0.15, -0.1) is 0 Å². The highest BCUT2D eigenvalue weighted by Gasteiger charge is 2.21. The summed E-state index contributed by atoms with van der Waals surface area (Å²) in [5.41, 5.74) is 7.51. The van der Waals surface area contributed by atoms with Gasteiger partial charge in [-0.1, -0.05) is 39.2 Å². The second-order valence-electron chi connectivity index (χ2n) is 4.94. The number of hydrogen-bond donors (Lipinski definition) is 1. The molecular weight excluding hydrogens is 238 g/mol. The fourth-order valence-electron chi connectivity index (χ4n) is 2.45. The summed E-state index contributed by atoms with van der Waals surface area (Å²) in [5.74, 6) is 2.12. The van der Waals surface area contributed by atoms with E-state index in [9.17, 15) is 0 Å². The first-order chi connectivity index (χ1) is 9.17. The van der Waals surface area contributed by atoms with E-state index in [0.717, 1.165) is 23.5 Å². The van der Waals surface area contributed by atoms with Crippen LogP contribution in [-0.4, -0.2) is 14.2 Å². The van der Waals surface area contributed by atoms with Crippen LogP contribution in [0.2, 0.25) is 0 Å². The molecule has 0 aliphatic rings. The topological polar surface area (TPSA) is 44.5 Å². The smallest absolute Gasteiger partial charge is 0.127 e. The van der Waals surface area contributed by atoms with Crippen LogP contribution in [0.1, 0.15) is 51.1 Å². The van der Waals surface area contributed by atoms with Crippen molar-refractivity contribution in [3.05, 3.63) is 23.8 Å². The average molecular weight is 265 g/mol. The molecule has 1 aromatic carbocycles. The summed E-state index contributed by atoms with van der Waals surface area (Å²) >= 11 is 0. The number of hydrogen-bond acceptors (Lipinski definition) is 3. The van der Waals surface area contributed by atoms with Crippen molar-refractivity contribution in [3.63, 3.8) is 0 Å². The van der Waals surface area contributed by atoms with E-state index >= 15 is 0 Å². The molecule has 0 spiro atoms. The molecule has 2 unspecified atom stereocenters. The van der Waals surface area contributed by atoms with Crippen LogP contribution in [0.4, 0.5) is 0 Å². The Morgan fingerprint density at radius 1 is 1.16 bits per heavy atom. The molecule has 3 heteroatoms. The number of nitrogens with two attached hydrogens (primary N) is 1. The van der Waals surface area contributed by atoms with Gasteiger partial charge in [-0.2, -0.15) is 0 Å². The van der Waals surface area contributed by atoms with Gasteiger partial charge in [-0.25, -0.2) is 0 Å². The number of unbranched alkanes of at least 4 members (excludes halogenated alkanes) is 1. The zero-order chi connectivity index (χ0) is 14.3. The van der Waals surface area contributed by atoms with Crippen molar-refractivity contribution in [1.29, 1.82) is 0 Å². The van der Waals surface area contributed by atoms with Crippen molar-refractivity contribution in [2.24, 2.45) is 11.7 Å². The summed E-state index contributed by atoms with van der Waals surface area (Å²) in [5, 5.41) is 0. The van der Waals surface area contributed by atoms with Crippen LogP contribution >= 0.6 is 0 Å². The van der Waals surface area contributed by atoms with Crippen LogP contribution in [0.25, 0.3) is 0 Å². The number of ether oxygens (including phenoxy) is 2. The van der Waals surface area contributed by atoms with Gasteiger partial charge >= 0.3 is 0 Å². The maximum absolute atomic E-state index is 6.44. The van der Waals surface area contributed by atoms with Gasteiger partial charge in [0.1, 0.15) is 11.5 Å². The highest BCUT2D eigenvalue weighted by atomic mass is 16.5. The summed E-state index contributed by atoms with van der Waals surface area (Å²) in [7, 11) is 3.34. The summed E-state index contributed by atoms with van der Waals surface area (Å²) in [6, 6.07) is 5.90. The molecule has 0 radical (unpaired) electrons. The van der Waals surface area contributed by atoms with Crippen molar-refractivity contribution in [2.45, 2.75) is 45.6 Å². The van der Waals surface area contributed by atoms with Crippen LogP contribution in [0.15, 0.2) is 18.2 Å². The predicted octanol–water partition coefficient (Wildman–Crippen LogP) is 3.92. The third-order valence-corrected chi connectivity index (χ3v) is 3.76. The van der Waals surface area contributed by atoms with E-state index < -0.39 is 0 Å². The Morgan fingerprint density at radius 2 is 1.89 bits per heavy atom. The second kappa shape index (κ2) is 8.05. The molecule has 0 fully saturated rings. The summed E-state index contributed by atoms with van der Waals surface area (Å²) in [6.07, 6.45) is 4.70. The number of benzene rings is 1. The van der Waals surface area contributed by atoms with E-state index in [-0.39, 0.29) is 6.04 Å². The zero-order valence-corrected chi connectivity index (χ0v) is 12.6. The van der Waals surface area contributed by atoms with Gasteiger partial charge in [-0.3, -0.25) is 0 Å². The monoisotopic (exact) mass is 265 g/mol. The Balaban J connectivity index is 2.93. The van der Waals surface area contributed by atoms with Gasteiger partial charge in [0.05, 0.1) is 14.2 Å². The molecule has 0 aliphatic heterocycles. The molecule has 0 bridgehead atoms. The first-order valence-corrected chi connectivity index (χ1v) is 7.15. The molecule has 0 aromatic heterocycles. The maximum Gasteiger partial charge on any atom is 0.127 e. The fourth-order valence-corrected chi connectivity index (χ4v) is 2.45. The van der Waals surface area contributed by atoms with Gasteiger partial charge in [0.25, 0.3) is 0 Å². The summed E-state index contributed by atoms with van der Waals surface area (Å²) < 4.78 is 10.7. The first kappa shape index (κ1) is 15.8. The van der Waals surface area contributed by atoms with E-state index in [1.54, 1.807) is 14.2 Å². The Morgan fingerprint density at radius 3 is 2.42 bits per heavy atom. The van der Waals surface area contributed by atoms with Crippen molar-refractivity contribution in [1.82, 2.24) is 0 Å². The molecule has 2 atom stereocenters. The van der Waals surface area contributed by atoms with E-state index in [0.29, 0.717) is 5.92 Å². The maximum atomic E-state index is 6.44. The van der Waals surface area contributed by atoms with Gasteiger partial charge < -0.3 is 15.2 Å². The standard InChI is InChI=1S/C16H27NO2/c1-5-7-8-12(6-2)16(17)14-10-9-13(18-3)11-15(14)19-4/h9-12,16H,5-8,17H2,1-4H3. The third-order valence-electron chi connectivity index (χ3n) is 3.76. The lowest BCUT2D eigenvalue weighted by Gasteiger charge is -2.24. The minimum Gasteiger partial charge on any atom is -0.497 e. The van der Waals surface area contributed by atoms with Crippen LogP contribution in [0.3, 0.4) is 0 Å². The molecule has 0 saturated carbocycles. The van der Waals surface area contributed by atoms with Crippen LogP contribution in [-0.2, 0) is 0 Å². The largest absolute Gasteiger partial charge is 0.497 e. The molecule has 0 heterocycles.